The summed E-state index contributed by atoms with van der Waals surface area (Å²) >= 11 is 0. The zero-order valence-corrected chi connectivity index (χ0v) is 11.7. The molecule has 0 amide bonds. The molecule has 0 atom stereocenters. The normalized spacial score (nSPS) is 18.4. The molecule has 0 saturated carbocycles. The zero-order chi connectivity index (χ0) is 14.6. The highest BCUT2D eigenvalue weighted by Crippen LogP contribution is 2.29. The van der Waals surface area contributed by atoms with Gasteiger partial charge in [-0.1, -0.05) is 19.1 Å². The Bertz CT molecular complexity index is 406. The second kappa shape index (κ2) is 6.59. The predicted molar refractivity (Wildman–Crippen MR) is 73.4 cm³/mol. The van der Waals surface area contributed by atoms with E-state index in [2.05, 4.69) is 17.1 Å². The Morgan fingerprint density at radius 2 is 1.75 bits per heavy atom. The number of rotatable bonds is 4. The maximum absolute atomic E-state index is 12.4. The average molecular weight is 286 g/mol. The van der Waals surface area contributed by atoms with E-state index in [0.717, 1.165) is 50.2 Å². The average Bonchev–Trinajstić information content (AvgIpc) is 2.45. The molecule has 0 radical (unpaired) electrons. The first-order valence-corrected chi connectivity index (χ1v) is 7.11. The van der Waals surface area contributed by atoms with E-state index in [-0.39, 0.29) is 0 Å². The van der Waals surface area contributed by atoms with Crippen LogP contribution in [0.15, 0.2) is 24.3 Å². The van der Waals surface area contributed by atoms with Gasteiger partial charge in [-0.05, 0) is 50.2 Å². The minimum Gasteiger partial charge on any atom is -0.310 e. The van der Waals surface area contributed by atoms with Gasteiger partial charge in [0.25, 0.3) is 0 Å². The highest BCUT2D eigenvalue weighted by Gasteiger charge is 2.29. The van der Waals surface area contributed by atoms with Crippen LogP contribution in [0.2, 0.25) is 0 Å². The lowest BCUT2D eigenvalue weighted by molar-refractivity contribution is -0.137. The molecule has 1 aliphatic heterocycles. The summed E-state index contributed by atoms with van der Waals surface area (Å²) in [6.45, 7) is 6.08. The quantitative estimate of drug-likeness (QED) is 0.914. The van der Waals surface area contributed by atoms with Crippen molar-refractivity contribution in [2.24, 2.45) is 0 Å². The van der Waals surface area contributed by atoms with Crippen molar-refractivity contribution in [2.45, 2.75) is 38.5 Å². The van der Waals surface area contributed by atoms with Crippen molar-refractivity contribution in [2.75, 3.05) is 19.6 Å². The summed E-state index contributed by atoms with van der Waals surface area (Å²) in [4.78, 5) is 2.41. The molecule has 1 saturated heterocycles. The Morgan fingerprint density at radius 3 is 2.25 bits per heavy atom. The van der Waals surface area contributed by atoms with Crippen molar-refractivity contribution in [3.63, 3.8) is 0 Å². The third-order valence-electron chi connectivity index (χ3n) is 3.91. The van der Waals surface area contributed by atoms with Crippen molar-refractivity contribution in [3.8, 4) is 0 Å². The summed E-state index contributed by atoms with van der Waals surface area (Å²) in [6.07, 6.45) is -2.04. The summed E-state index contributed by atoms with van der Waals surface area (Å²) < 4.78 is 37.3. The summed E-state index contributed by atoms with van der Waals surface area (Å²) in [5, 5.41) is 3.43. The maximum Gasteiger partial charge on any atom is 0.416 e. The molecule has 1 aromatic rings. The predicted octanol–water partition coefficient (Wildman–Crippen LogP) is 3.28. The Labute approximate surface area is 118 Å². The summed E-state index contributed by atoms with van der Waals surface area (Å²) in [5.74, 6) is 0. The maximum atomic E-state index is 12.4. The first kappa shape index (κ1) is 15.3. The van der Waals surface area contributed by atoms with Gasteiger partial charge < -0.3 is 10.2 Å². The van der Waals surface area contributed by atoms with Crippen LogP contribution >= 0.6 is 0 Å². The number of likely N-dealkylation sites (tertiary alicyclic amines) is 1. The number of hydrogen-bond donors (Lipinski definition) is 1. The minimum absolute atomic E-state index is 0.472. The Morgan fingerprint density at radius 1 is 1.15 bits per heavy atom. The van der Waals surface area contributed by atoms with Crippen LogP contribution in [0, 0.1) is 0 Å². The van der Waals surface area contributed by atoms with Crippen LogP contribution in [-0.4, -0.2) is 30.6 Å². The van der Waals surface area contributed by atoms with E-state index >= 15 is 0 Å². The monoisotopic (exact) mass is 286 g/mol. The number of piperidine rings is 1. The molecule has 0 aromatic heterocycles. The van der Waals surface area contributed by atoms with Crippen LogP contribution in [0.25, 0.3) is 0 Å². The number of benzene rings is 1. The smallest absolute Gasteiger partial charge is 0.310 e. The van der Waals surface area contributed by atoms with Gasteiger partial charge in [0.05, 0.1) is 5.56 Å². The van der Waals surface area contributed by atoms with E-state index < -0.39 is 11.7 Å². The van der Waals surface area contributed by atoms with E-state index in [4.69, 9.17) is 0 Å². The standard InChI is InChI=1S/C15H21F3N2/c1-2-20-9-7-14(8-10-20)19-11-12-3-5-13(6-4-12)15(16,17)18/h3-6,14,19H,2,7-11H2,1H3. The molecule has 112 valence electrons. The molecule has 2 nitrogen and oxygen atoms in total. The fourth-order valence-electron chi connectivity index (χ4n) is 2.53. The van der Waals surface area contributed by atoms with E-state index in [0.29, 0.717) is 12.6 Å². The topological polar surface area (TPSA) is 15.3 Å². The third kappa shape index (κ3) is 4.21. The van der Waals surface area contributed by atoms with Crippen molar-refractivity contribution < 1.29 is 13.2 Å². The number of nitrogens with zero attached hydrogens (tertiary/aromatic N) is 1. The van der Waals surface area contributed by atoms with Gasteiger partial charge in [-0.3, -0.25) is 0 Å². The van der Waals surface area contributed by atoms with E-state index in [9.17, 15) is 13.2 Å². The lowest BCUT2D eigenvalue weighted by Crippen LogP contribution is -2.42. The molecule has 1 aliphatic rings. The van der Waals surface area contributed by atoms with Gasteiger partial charge in [-0.25, -0.2) is 0 Å². The van der Waals surface area contributed by atoms with Gasteiger partial charge >= 0.3 is 6.18 Å². The minimum atomic E-state index is -4.25. The zero-order valence-electron chi connectivity index (χ0n) is 11.7. The highest BCUT2D eigenvalue weighted by molar-refractivity contribution is 5.24. The lowest BCUT2D eigenvalue weighted by atomic mass is 10.0. The summed E-state index contributed by atoms with van der Waals surface area (Å²) in [7, 11) is 0. The molecule has 1 heterocycles. The van der Waals surface area contributed by atoms with Crippen molar-refractivity contribution in [3.05, 3.63) is 35.4 Å². The second-order valence-electron chi connectivity index (χ2n) is 5.28. The van der Waals surface area contributed by atoms with Crippen LogP contribution < -0.4 is 5.32 Å². The van der Waals surface area contributed by atoms with Crippen molar-refractivity contribution in [1.29, 1.82) is 0 Å². The molecule has 0 spiro atoms. The van der Waals surface area contributed by atoms with Crippen LogP contribution in [0.5, 0.6) is 0 Å². The summed E-state index contributed by atoms with van der Waals surface area (Å²) in [5.41, 5.74) is 0.313. The van der Waals surface area contributed by atoms with Crippen LogP contribution in [0.3, 0.4) is 0 Å². The molecule has 5 heteroatoms. The van der Waals surface area contributed by atoms with Gasteiger partial charge in [-0.2, -0.15) is 13.2 Å². The Kier molecular flexibility index (Phi) is 5.05. The van der Waals surface area contributed by atoms with Gasteiger partial charge in [-0.15, -0.1) is 0 Å². The lowest BCUT2D eigenvalue weighted by Gasteiger charge is -2.31. The fourth-order valence-corrected chi connectivity index (χ4v) is 2.53. The molecule has 0 unspecified atom stereocenters. The van der Waals surface area contributed by atoms with Crippen LogP contribution in [-0.2, 0) is 12.7 Å². The van der Waals surface area contributed by atoms with Crippen LogP contribution in [0.4, 0.5) is 13.2 Å². The van der Waals surface area contributed by atoms with E-state index in [1.807, 2.05) is 0 Å². The van der Waals surface area contributed by atoms with E-state index in [1.165, 1.54) is 0 Å². The molecule has 0 aliphatic carbocycles. The first-order valence-electron chi connectivity index (χ1n) is 7.11. The molecule has 1 aromatic carbocycles. The molecule has 0 bridgehead atoms. The van der Waals surface area contributed by atoms with Gasteiger partial charge in [0.2, 0.25) is 0 Å². The van der Waals surface area contributed by atoms with Gasteiger partial charge in [0.1, 0.15) is 0 Å². The van der Waals surface area contributed by atoms with Crippen molar-refractivity contribution in [1.82, 2.24) is 10.2 Å². The Hall–Kier alpha value is -1.07. The summed E-state index contributed by atoms with van der Waals surface area (Å²) in [6, 6.07) is 5.88. The first-order chi connectivity index (χ1) is 9.49. The largest absolute Gasteiger partial charge is 0.416 e. The van der Waals surface area contributed by atoms with Crippen molar-refractivity contribution >= 4 is 0 Å². The number of hydrogen-bond acceptors (Lipinski definition) is 2. The number of halogens is 3. The SMILES string of the molecule is CCN1CCC(NCc2ccc(C(F)(F)F)cc2)CC1. The number of alkyl halides is 3. The molecule has 2 rings (SSSR count). The highest BCUT2D eigenvalue weighted by atomic mass is 19.4. The van der Waals surface area contributed by atoms with E-state index in [1.54, 1.807) is 12.1 Å². The molecule has 1 fully saturated rings. The second-order valence-corrected chi connectivity index (χ2v) is 5.28. The van der Waals surface area contributed by atoms with Gasteiger partial charge in [0.15, 0.2) is 0 Å². The fraction of sp³-hybridized carbons (Fsp3) is 0.600. The van der Waals surface area contributed by atoms with Crippen LogP contribution in [0.1, 0.15) is 30.9 Å². The number of nitrogens with one attached hydrogen (secondary N) is 1. The molecular formula is C15H21F3N2. The van der Waals surface area contributed by atoms with Gasteiger partial charge in [0, 0.05) is 12.6 Å². The Balaban J connectivity index is 1.80. The molecular weight excluding hydrogens is 265 g/mol. The third-order valence-corrected chi connectivity index (χ3v) is 3.91. The molecule has 1 N–H and O–H groups in total. The molecule has 20 heavy (non-hydrogen) atoms.